The Balaban J connectivity index is 0.00000288. The standard InChI is InChI=1S/C16H26N2O3S2.ClH/c1-14-8-11-18(12-9-14)10-3-13-22(19)16-6-4-15(5-7-16)17-23(2,20)21;/h4-7,14,17H,3,8-13H2,1-2H3;1H. The number of hydrogen-bond acceptors (Lipinski definition) is 4. The Morgan fingerprint density at radius 3 is 2.33 bits per heavy atom. The lowest BCUT2D eigenvalue weighted by Gasteiger charge is -2.30. The van der Waals surface area contributed by atoms with Gasteiger partial charge in [-0.1, -0.05) is 6.92 Å². The molecule has 1 aromatic carbocycles. The summed E-state index contributed by atoms with van der Waals surface area (Å²) in [6.45, 7) is 5.61. The minimum absolute atomic E-state index is 0. The molecular weight excluding hydrogens is 368 g/mol. The monoisotopic (exact) mass is 394 g/mol. The molecule has 0 amide bonds. The number of sulfonamides is 1. The molecular formula is C16H27ClN2O3S2. The van der Waals surface area contributed by atoms with Gasteiger partial charge >= 0.3 is 0 Å². The molecule has 0 bridgehead atoms. The zero-order valence-electron chi connectivity index (χ0n) is 14.2. The Labute approximate surface area is 154 Å². The number of rotatable bonds is 7. The van der Waals surface area contributed by atoms with E-state index in [9.17, 15) is 12.6 Å². The lowest BCUT2D eigenvalue weighted by atomic mass is 9.99. The van der Waals surface area contributed by atoms with Crippen molar-refractivity contribution < 1.29 is 12.6 Å². The third kappa shape index (κ3) is 7.51. The summed E-state index contributed by atoms with van der Waals surface area (Å²) >= 11 is 0. The highest BCUT2D eigenvalue weighted by atomic mass is 35.5. The summed E-state index contributed by atoms with van der Waals surface area (Å²) in [5.41, 5.74) is 0.496. The second-order valence-electron chi connectivity index (χ2n) is 6.33. The summed E-state index contributed by atoms with van der Waals surface area (Å²) in [4.78, 5) is 3.20. The number of likely N-dealkylation sites (tertiary alicyclic amines) is 1. The molecule has 1 aliphatic rings. The zero-order chi connectivity index (χ0) is 16.9. The largest absolute Gasteiger partial charge is 0.303 e. The van der Waals surface area contributed by atoms with Crippen LogP contribution in [0.5, 0.6) is 0 Å². The number of halogens is 1. The third-order valence-corrected chi connectivity index (χ3v) is 6.16. The number of nitrogens with zero attached hydrogens (tertiary/aromatic N) is 1. The fourth-order valence-corrected chi connectivity index (χ4v) is 4.34. The first-order valence-electron chi connectivity index (χ1n) is 8.02. The molecule has 138 valence electrons. The van der Waals surface area contributed by atoms with E-state index in [1.165, 1.54) is 12.8 Å². The van der Waals surface area contributed by atoms with E-state index < -0.39 is 20.8 Å². The van der Waals surface area contributed by atoms with E-state index in [2.05, 4.69) is 16.5 Å². The van der Waals surface area contributed by atoms with Gasteiger partial charge in [-0.25, -0.2) is 8.42 Å². The minimum Gasteiger partial charge on any atom is -0.303 e. The van der Waals surface area contributed by atoms with Gasteiger partial charge in [-0.05, 0) is 69.1 Å². The predicted molar refractivity (Wildman–Crippen MR) is 103 cm³/mol. The molecule has 1 atom stereocenters. The van der Waals surface area contributed by atoms with Crippen molar-refractivity contribution in [2.24, 2.45) is 5.92 Å². The lowest BCUT2D eigenvalue weighted by Crippen LogP contribution is -2.34. The maximum absolute atomic E-state index is 12.3. The van der Waals surface area contributed by atoms with Gasteiger partial charge in [0.25, 0.3) is 0 Å². The first kappa shape index (κ1) is 21.4. The van der Waals surface area contributed by atoms with Crippen molar-refractivity contribution in [2.75, 3.05) is 36.4 Å². The second kappa shape index (κ2) is 9.75. The van der Waals surface area contributed by atoms with Crippen LogP contribution in [0.1, 0.15) is 26.2 Å². The number of benzene rings is 1. The SMILES string of the molecule is CC1CCN(CCCS(=O)c2ccc(NS(C)(=O)=O)cc2)CC1.Cl. The number of piperidine rings is 1. The topological polar surface area (TPSA) is 66.5 Å². The molecule has 0 aliphatic carbocycles. The summed E-state index contributed by atoms with van der Waals surface area (Å²) in [5, 5.41) is 0. The number of nitrogens with one attached hydrogen (secondary N) is 1. The fourth-order valence-electron chi connectivity index (χ4n) is 2.71. The molecule has 1 heterocycles. The van der Waals surface area contributed by atoms with E-state index in [1.807, 2.05) is 0 Å². The summed E-state index contributed by atoms with van der Waals surface area (Å²) in [7, 11) is -4.30. The van der Waals surface area contributed by atoms with Crippen LogP contribution in [0.3, 0.4) is 0 Å². The van der Waals surface area contributed by atoms with Crippen LogP contribution in [0.2, 0.25) is 0 Å². The van der Waals surface area contributed by atoms with Crippen LogP contribution in [0.4, 0.5) is 5.69 Å². The van der Waals surface area contributed by atoms with Gasteiger partial charge in [0.2, 0.25) is 10.0 Å². The van der Waals surface area contributed by atoms with Crippen LogP contribution in [-0.4, -0.2) is 49.2 Å². The fraction of sp³-hybridized carbons (Fsp3) is 0.625. The van der Waals surface area contributed by atoms with E-state index in [4.69, 9.17) is 0 Å². The maximum Gasteiger partial charge on any atom is 0.229 e. The van der Waals surface area contributed by atoms with Crippen LogP contribution in [0.15, 0.2) is 29.2 Å². The molecule has 1 N–H and O–H groups in total. The Morgan fingerprint density at radius 1 is 1.21 bits per heavy atom. The van der Waals surface area contributed by atoms with Gasteiger partial charge in [-0.3, -0.25) is 8.93 Å². The van der Waals surface area contributed by atoms with Crippen molar-refractivity contribution in [1.29, 1.82) is 0 Å². The molecule has 2 rings (SSSR count). The molecule has 24 heavy (non-hydrogen) atoms. The highest BCUT2D eigenvalue weighted by Crippen LogP contribution is 2.17. The normalized spacial score (nSPS) is 17.9. The highest BCUT2D eigenvalue weighted by Gasteiger charge is 2.15. The van der Waals surface area contributed by atoms with Gasteiger partial charge in [0.15, 0.2) is 0 Å². The van der Waals surface area contributed by atoms with E-state index in [1.54, 1.807) is 24.3 Å². The summed E-state index contributed by atoms with van der Waals surface area (Å²) < 4.78 is 37.0. The Morgan fingerprint density at radius 2 is 1.79 bits per heavy atom. The van der Waals surface area contributed by atoms with Crippen molar-refractivity contribution in [2.45, 2.75) is 31.1 Å². The van der Waals surface area contributed by atoms with Crippen LogP contribution in [0, 0.1) is 5.92 Å². The van der Waals surface area contributed by atoms with Crippen molar-refractivity contribution in [3.63, 3.8) is 0 Å². The van der Waals surface area contributed by atoms with Gasteiger partial charge in [-0.15, -0.1) is 12.4 Å². The van der Waals surface area contributed by atoms with Gasteiger partial charge in [0.05, 0.1) is 17.1 Å². The minimum atomic E-state index is -3.27. The van der Waals surface area contributed by atoms with Gasteiger partial charge < -0.3 is 4.90 Å². The molecule has 1 unspecified atom stereocenters. The summed E-state index contributed by atoms with van der Waals surface area (Å²) in [6, 6.07) is 6.76. The molecule has 8 heteroatoms. The number of hydrogen-bond donors (Lipinski definition) is 1. The Kier molecular flexibility index (Phi) is 8.70. The second-order valence-corrected chi connectivity index (χ2v) is 9.65. The van der Waals surface area contributed by atoms with Crippen LogP contribution < -0.4 is 4.72 Å². The van der Waals surface area contributed by atoms with Crippen molar-refractivity contribution in [3.8, 4) is 0 Å². The quantitative estimate of drug-likeness (QED) is 0.772. The molecule has 0 radical (unpaired) electrons. The van der Waals surface area contributed by atoms with Crippen molar-refractivity contribution in [1.82, 2.24) is 4.90 Å². The van der Waals surface area contributed by atoms with Crippen LogP contribution in [-0.2, 0) is 20.8 Å². The van der Waals surface area contributed by atoms with E-state index in [0.29, 0.717) is 11.4 Å². The molecule has 0 aromatic heterocycles. The van der Waals surface area contributed by atoms with Crippen molar-refractivity contribution in [3.05, 3.63) is 24.3 Å². The predicted octanol–water partition coefficient (Wildman–Crippen LogP) is 2.71. The zero-order valence-corrected chi connectivity index (χ0v) is 16.7. The third-order valence-electron chi connectivity index (χ3n) is 4.10. The Bertz CT molecular complexity index is 627. The molecule has 1 aliphatic heterocycles. The summed E-state index contributed by atoms with van der Waals surface area (Å²) in [5.74, 6) is 1.48. The average molecular weight is 395 g/mol. The van der Waals surface area contributed by atoms with Crippen molar-refractivity contribution >= 4 is 38.9 Å². The smallest absolute Gasteiger partial charge is 0.229 e. The first-order valence-corrected chi connectivity index (χ1v) is 11.2. The van der Waals surface area contributed by atoms with Gasteiger partial charge in [0, 0.05) is 16.3 Å². The average Bonchev–Trinajstić information content (AvgIpc) is 2.48. The summed E-state index contributed by atoms with van der Waals surface area (Å²) in [6.07, 6.45) is 4.56. The van der Waals surface area contributed by atoms with E-state index in [0.717, 1.165) is 43.1 Å². The highest BCUT2D eigenvalue weighted by molar-refractivity contribution is 7.92. The van der Waals surface area contributed by atoms with Crippen LogP contribution in [0.25, 0.3) is 0 Å². The molecule has 0 saturated carbocycles. The van der Waals surface area contributed by atoms with E-state index >= 15 is 0 Å². The molecule has 0 spiro atoms. The molecule has 1 aromatic rings. The number of anilines is 1. The molecule has 1 fully saturated rings. The van der Waals surface area contributed by atoms with E-state index in [-0.39, 0.29) is 12.4 Å². The Hall–Kier alpha value is -0.630. The molecule has 1 saturated heterocycles. The molecule has 5 nitrogen and oxygen atoms in total. The lowest BCUT2D eigenvalue weighted by molar-refractivity contribution is 0.193. The maximum atomic E-state index is 12.3. The first-order chi connectivity index (χ1) is 10.8. The van der Waals surface area contributed by atoms with Gasteiger partial charge in [-0.2, -0.15) is 0 Å². The van der Waals surface area contributed by atoms with Gasteiger partial charge in [0.1, 0.15) is 0 Å². The van der Waals surface area contributed by atoms with Crippen LogP contribution >= 0.6 is 12.4 Å².